The van der Waals surface area contributed by atoms with Gasteiger partial charge in [-0.25, -0.2) is 4.79 Å². The van der Waals surface area contributed by atoms with Crippen molar-refractivity contribution in [2.24, 2.45) is 0 Å². The Morgan fingerprint density at radius 1 is 1.19 bits per heavy atom. The first-order valence-electron chi connectivity index (χ1n) is 5.91. The van der Waals surface area contributed by atoms with E-state index >= 15 is 0 Å². The molecule has 0 saturated heterocycles. The maximum Gasteiger partial charge on any atom is 0.407 e. The number of hydrogen-bond acceptors (Lipinski definition) is 2. The first kappa shape index (κ1) is 14.8. The standard InChI is InChI=1S/C13H23NO2/c1-4-5-6-7-8-9-10-11-14-13(15)16-12(2)3/h5-6,9-10,12H,4,7-8,11H2,1-3H3,(H,14,15)/b6-5-,10-9+. The van der Waals surface area contributed by atoms with Gasteiger partial charge in [-0.05, 0) is 33.1 Å². The number of rotatable bonds is 7. The Morgan fingerprint density at radius 3 is 2.38 bits per heavy atom. The first-order chi connectivity index (χ1) is 7.66. The van der Waals surface area contributed by atoms with Crippen LogP contribution in [0.4, 0.5) is 4.79 Å². The van der Waals surface area contributed by atoms with E-state index in [9.17, 15) is 4.79 Å². The third kappa shape index (κ3) is 10.8. The molecule has 0 atom stereocenters. The number of carbonyl (C=O) groups excluding carboxylic acids is 1. The van der Waals surface area contributed by atoms with Crippen molar-refractivity contribution in [1.29, 1.82) is 0 Å². The summed E-state index contributed by atoms with van der Waals surface area (Å²) in [6.07, 6.45) is 11.1. The van der Waals surface area contributed by atoms with Crippen LogP contribution < -0.4 is 5.32 Å². The van der Waals surface area contributed by atoms with Gasteiger partial charge >= 0.3 is 6.09 Å². The second kappa shape index (κ2) is 10.3. The fourth-order valence-corrected chi connectivity index (χ4v) is 1.08. The number of ether oxygens (including phenoxy) is 1. The Bertz CT molecular complexity index is 232. The zero-order valence-corrected chi connectivity index (χ0v) is 10.5. The fourth-order valence-electron chi connectivity index (χ4n) is 1.08. The lowest BCUT2D eigenvalue weighted by Crippen LogP contribution is -2.26. The van der Waals surface area contributed by atoms with Gasteiger partial charge in [0.15, 0.2) is 0 Å². The predicted molar refractivity (Wildman–Crippen MR) is 67.4 cm³/mol. The molecular weight excluding hydrogens is 202 g/mol. The van der Waals surface area contributed by atoms with Crippen LogP contribution in [0.3, 0.4) is 0 Å². The number of allylic oxidation sites excluding steroid dienone is 3. The van der Waals surface area contributed by atoms with E-state index in [1.807, 2.05) is 19.9 Å². The van der Waals surface area contributed by atoms with E-state index in [2.05, 4.69) is 30.5 Å². The molecule has 0 unspecified atom stereocenters. The van der Waals surface area contributed by atoms with Gasteiger partial charge in [0.2, 0.25) is 0 Å². The maximum atomic E-state index is 11.0. The van der Waals surface area contributed by atoms with Crippen LogP contribution in [0, 0.1) is 0 Å². The lowest BCUT2D eigenvalue weighted by Gasteiger charge is -2.07. The zero-order valence-electron chi connectivity index (χ0n) is 10.5. The molecule has 0 bridgehead atoms. The molecule has 0 rings (SSSR count). The summed E-state index contributed by atoms with van der Waals surface area (Å²) in [7, 11) is 0. The highest BCUT2D eigenvalue weighted by Gasteiger charge is 2.01. The predicted octanol–water partition coefficient (Wildman–Crippen LogP) is 3.42. The minimum absolute atomic E-state index is 0.0665. The summed E-state index contributed by atoms with van der Waals surface area (Å²) < 4.78 is 4.91. The molecule has 0 radical (unpaired) electrons. The molecule has 0 aromatic rings. The molecule has 0 saturated carbocycles. The van der Waals surface area contributed by atoms with Gasteiger partial charge in [-0.1, -0.05) is 31.2 Å². The van der Waals surface area contributed by atoms with Crippen LogP contribution in [0.2, 0.25) is 0 Å². The van der Waals surface area contributed by atoms with Crippen LogP contribution >= 0.6 is 0 Å². The number of alkyl carbamates (subject to hydrolysis) is 1. The van der Waals surface area contributed by atoms with Crippen molar-refractivity contribution < 1.29 is 9.53 Å². The van der Waals surface area contributed by atoms with E-state index in [0.717, 1.165) is 19.3 Å². The van der Waals surface area contributed by atoms with Crippen LogP contribution in [0.15, 0.2) is 24.3 Å². The van der Waals surface area contributed by atoms with Gasteiger partial charge in [0, 0.05) is 6.54 Å². The quantitative estimate of drug-likeness (QED) is 0.532. The van der Waals surface area contributed by atoms with Crippen molar-refractivity contribution in [3.8, 4) is 0 Å². The summed E-state index contributed by atoms with van der Waals surface area (Å²) in [4.78, 5) is 11.0. The summed E-state index contributed by atoms with van der Waals surface area (Å²) in [6, 6.07) is 0. The molecule has 0 aliphatic carbocycles. The van der Waals surface area contributed by atoms with E-state index in [1.165, 1.54) is 0 Å². The molecule has 0 aliphatic rings. The van der Waals surface area contributed by atoms with Crippen LogP contribution in [0.5, 0.6) is 0 Å². The number of unbranched alkanes of at least 4 members (excludes halogenated alkanes) is 1. The molecule has 92 valence electrons. The highest BCUT2D eigenvalue weighted by molar-refractivity contribution is 5.67. The molecule has 0 fully saturated rings. The normalized spacial score (nSPS) is 11.5. The maximum absolute atomic E-state index is 11.0. The summed E-state index contributed by atoms with van der Waals surface area (Å²) in [6.45, 7) is 6.31. The second-order valence-electron chi connectivity index (χ2n) is 3.76. The zero-order chi connectivity index (χ0) is 12.2. The molecule has 0 aromatic carbocycles. The monoisotopic (exact) mass is 225 g/mol. The summed E-state index contributed by atoms with van der Waals surface area (Å²) in [5, 5.41) is 2.65. The van der Waals surface area contributed by atoms with Gasteiger partial charge in [0.1, 0.15) is 0 Å². The van der Waals surface area contributed by atoms with Gasteiger partial charge in [-0.15, -0.1) is 0 Å². The molecule has 1 N–H and O–H groups in total. The van der Waals surface area contributed by atoms with Crippen molar-refractivity contribution in [3.05, 3.63) is 24.3 Å². The van der Waals surface area contributed by atoms with Gasteiger partial charge in [0.05, 0.1) is 6.10 Å². The van der Waals surface area contributed by atoms with E-state index in [-0.39, 0.29) is 12.2 Å². The summed E-state index contributed by atoms with van der Waals surface area (Å²) in [5.41, 5.74) is 0. The van der Waals surface area contributed by atoms with Crippen LogP contribution in [0.1, 0.15) is 40.0 Å². The number of carbonyl (C=O) groups is 1. The Morgan fingerprint density at radius 2 is 1.81 bits per heavy atom. The van der Waals surface area contributed by atoms with Crippen molar-refractivity contribution in [3.63, 3.8) is 0 Å². The number of hydrogen-bond donors (Lipinski definition) is 1. The van der Waals surface area contributed by atoms with Crippen LogP contribution in [-0.4, -0.2) is 18.7 Å². The topological polar surface area (TPSA) is 38.3 Å². The second-order valence-corrected chi connectivity index (χ2v) is 3.76. The van der Waals surface area contributed by atoms with Gasteiger partial charge in [-0.2, -0.15) is 0 Å². The molecule has 0 aliphatic heterocycles. The lowest BCUT2D eigenvalue weighted by atomic mass is 10.2. The first-order valence-corrected chi connectivity index (χ1v) is 5.91. The molecule has 0 heterocycles. The van der Waals surface area contributed by atoms with E-state index in [1.54, 1.807) is 0 Å². The molecule has 0 spiro atoms. The third-order valence-electron chi connectivity index (χ3n) is 1.78. The van der Waals surface area contributed by atoms with E-state index in [0.29, 0.717) is 6.54 Å². The number of nitrogens with one attached hydrogen (secondary N) is 1. The SMILES string of the molecule is CC/C=C\CC/C=C/CNC(=O)OC(C)C. The van der Waals surface area contributed by atoms with Gasteiger partial charge < -0.3 is 10.1 Å². The minimum atomic E-state index is -0.356. The Labute approximate surface area is 98.6 Å². The molecule has 3 nitrogen and oxygen atoms in total. The van der Waals surface area contributed by atoms with Crippen molar-refractivity contribution in [1.82, 2.24) is 5.32 Å². The summed E-state index contributed by atoms with van der Waals surface area (Å²) in [5.74, 6) is 0. The Hall–Kier alpha value is -1.25. The number of amides is 1. The molecule has 3 heteroatoms. The molecule has 0 aromatic heterocycles. The molecular formula is C13H23NO2. The van der Waals surface area contributed by atoms with Crippen molar-refractivity contribution in [2.75, 3.05) is 6.54 Å². The fraction of sp³-hybridized carbons (Fsp3) is 0.615. The largest absolute Gasteiger partial charge is 0.447 e. The lowest BCUT2D eigenvalue weighted by molar-refractivity contribution is 0.116. The Kier molecular flexibility index (Phi) is 9.47. The van der Waals surface area contributed by atoms with Crippen molar-refractivity contribution in [2.45, 2.75) is 46.1 Å². The van der Waals surface area contributed by atoms with Gasteiger partial charge in [-0.3, -0.25) is 0 Å². The van der Waals surface area contributed by atoms with Crippen LogP contribution in [0.25, 0.3) is 0 Å². The average molecular weight is 225 g/mol. The molecule has 16 heavy (non-hydrogen) atoms. The smallest absolute Gasteiger partial charge is 0.407 e. The van der Waals surface area contributed by atoms with Crippen LogP contribution in [-0.2, 0) is 4.74 Å². The average Bonchev–Trinajstić information content (AvgIpc) is 2.21. The molecule has 1 amide bonds. The third-order valence-corrected chi connectivity index (χ3v) is 1.78. The minimum Gasteiger partial charge on any atom is -0.447 e. The Balaban J connectivity index is 3.40. The van der Waals surface area contributed by atoms with E-state index < -0.39 is 0 Å². The highest BCUT2D eigenvalue weighted by atomic mass is 16.6. The van der Waals surface area contributed by atoms with Crippen molar-refractivity contribution >= 4 is 6.09 Å². The highest BCUT2D eigenvalue weighted by Crippen LogP contribution is 1.94. The van der Waals surface area contributed by atoms with Gasteiger partial charge in [0.25, 0.3) is 0 Å². The summed E-state index contributed by atoms with van der Waals surface area (Å²) >= 11 is 0. The van der Waals surface area contributed by atoms with E-state index in [4.69, 9.17) is 4.74 Å².